The standard InChI is InChI=1S/C18H14O4/c1-11-8-9-14-13(10-11)16(19)15(18(20)21-2)17(22-14)12-6-4-3-5-7-12/h3-10H,1-2H3. The van der Waals surface area contributed by atoms with Gasteiger partial charge in [-0.25, -0.2) is 4.79 Å². The molecule has 0 saturated heterocycles. The number of hydrogen-bond acceptors (Lipinski definition) is 4. The molecular weight excluding hydrogens is 280 g/mol. The molecule has 110 valence electrons. The molecule has 0 bridgehead atoms. The van der Waals surface area contributed by atoms with Crippen LogP contribution >= 0.6 is 0 Å². The van der Waals surface area contributed by atoms with Crippen molar-refractivity contribution in [2.24, 2.45) is 0 Å². The highest BCUT2D eigenvalue weighted by atomic mass is 16.5. The summed E-state index contributed by atoms with van der Waals surface area (Å²) in [5.41, 5.74) is 1.56. The molecule has 0 saturated carbocycles. The van der Waals surface area contributed by atoms with E-state index in [0.717, 1.165) is 5.56 Å². The number of benzene rings is 2. The summed E-state index contributed by atoms with van der Waals surface area (Å²) in [6.45, 7) is 1.88. The van der Waals surface area contributed by atoms with Crippen molar-refractivity contribution in [3.63, 3.8) is 0 Å². The van der Waals surface area contributed by atoms with Crippen LogP contribution in [0.15, 0.2) is 57.7 Å². The monoisotopic (exact) mass is 294 g/mol. The van der Waals surface area contributed by atoms with Crippen LogP contribution in [0, 0.1) is 6.92 Å². The van der Waals surface area contributed by atoms with Gasteiger partial charge in [0.2, 0.25) is 5.43 Å². The molecule has 1 aromatic heterocycles. The zero-order chi connectivity index (χ0) is 15.7. The molecule has 0 atom stereocenters. The van der Waals surface area contributed by atoms with Crippen molar-refractivity contribution in [3.05, 3.63) is 69.9 Å². The molecule has 0 aliphatic carbocycles. The largest absolute Gasteiger partial charge is 0.465 e. The van der Waals surface area contributed by atoms with Crippen molar-refractivity contribution in [2.45, 2.75) is 6.92 Å². The molecule has 0 N–H and O–H groups in total. The van der Waals surface area contributed by atoms with Crippen molar-refractivity contribution >= 4 is 16.9 Å². The predicted molar refractivity (Wildman–Crippen MR) is 84.0 cm³/mol. The molecule has 0 unspecified atom stereocenters. The Bertz CT molecular complexity index is 908. The topological polar surface area (TPSA) is 56.5 Å². The van der Waals surface area contributed by atoms with Crippen LogP contribution in [0.3, 0.4) is 0 Å². The Morgan fingerprint density at radius 3 is 2.50 bits per heavy atom. The minimum atomic E-state index is -0.698. The highest BCUT2D eigenvalue weighted by Gasteiger charge is 2.22. The highest BCUT2D eigenvalue weighted by molar-refractivity contribution is 5.99. The maximum absolute atomic E-state index is 12.7. The molecule has 3 rings (SSSR count). The van der Waals surface area contributed by atoms with E-state index in [1.165, 1.54) is 7.11 Å². The SMILES string of the molecule is COC(=O)c1c(-c2ccccc2)oc2ccc(C)cc2c1=O. The zero-order valence-corrected chi connectivity index (χ0v) is 12.3. The number of carbonyl (C=O) groups excluding carboxylic acids is 1. The van der Waals surface area contributed by atoms with Gasteiger partial charge in [-0.15, -0.1) is 0 Å². The fraction of sp³-hybridized carbons (Fsp3) is 0.111. The highest BCUT2D eigenvalue weighted by Crippen LogP contribution is 2.26. The Hall–Kier alpha value is -2.88. The molecule has 0 fully saturated rings. The van der Waals surface area contributed by atoms with Crippen molar-refractivity contribution in [1.82, 2.24) is 0 Å². The van der Waals surface area contributed by atoms with E-state index in [0.29, 0.717) is 16.5 Å². The lowest BCUT2D eigenvalue weighted by molar-refractivity contribution is 0.0598. The van der Waals surface area contributed by atoms with Gasteiger partial charge in [0.05, 0.1) is 12.5 Å². The van der Waals surface area contributed by atoms with Crippen LogP contribution < -0.4 is 5.43 Å². The number of rotatable bonds is 2. The second-order valence-corrected chi connectivity index (χ2v) is 4.99. The summed E-state index contributed by atoms with van der Waals surface area (Å²) in [6.07, 6.45) is 0. The van der Waals surface area contributed by atoms with Crippen LogP contribution in [0.2, 0.25) is 0 Å². The van der Waals surface area contributed by atoms with Gasteiger partial charge in [0.15, 0.2) is 11.3 Å². The van der Waals surface area contributed by atoms with Gasteiger partial charge in [-0.3, -0.25) is 4.79 Å². The van der Waals surface area contributed by atoms with Gasteiger partial charge in [-0.2, -0.15) is 0 Å². The molecule has 0 amide bonds. The van der Waals surface area contributed by atoms with Gasteiger partial charge in [-0.1, -0.05) is 42.0 Å². The Kier molecular flexibility index (Phi) is 3.51. The third-order valence-electron chi connectivity index (χ3n) is 3.47. The van der Waals surface area contributed by atoms with E-state index in [1.807, 2.05) is 31.2 Å². The van der Waals surface area contributed by atoms with E-state index in [9.17, 15) is 9.59 Å². The minimum Gasteiger partial charge on any atom is -0.465 e. The predicted octanol–water partition coefficient (Wildman–Crippen LogP) is 3.56. The second-order valence-electron chi connectivity index (χ2n) is 4.99. The molecule has 4 nitrogen and oxygen atoms in total. The Morgan fingerprint density at radius 1 is 1.09 bits per heavy atom. The zero-order valence-electron chi connectivity index (χ0n) is 12.3. The van der Waals surface area contributed by atoms with Gasteiger partial charge in [0.1, 0.15) is 5.58 Å². The maximum Gasteiger partial charge on any atom is 0.345 e. The van der Waals surface area contributed by atoms with E-state index in [-0.39, 0.29) is 16.8 Å². The summed E-state index contributed by atoms with van der Waals surface area (Å²) in [7, 11) is 1.25. The second kappa shape index (κ2) is 5.48. The molecule has 1 heterocycles. The number of ether oxygens (including phenoxy) is 1. The van der Waals surface area contributed by atoms with Crippen molar-refractivity contribution in [1.29, 1.82) is 0 Å². The Labute approximate surface area is 127 Å². The summed E-state index contributed by atoms with van der Waals surface area (Å²) in [5, 5.41) is 0.375. The lowest BCUT2D eigenvalue weighted by atomic mass is 10.0. The van der Waals surface area contributed by atoms with E-state index >= 15 is 0 Å². The van der Waals surface area contributed by atoms with E-state index in [4.69, 9.17) is 9.15 Å². The summed E-state index contributed by atoms with van der Waals surface area (Å²) in [5.74, 6) is -0.468. The van der Waals surface area contributed by atoms with Crippen LogP contribution in [0.4, 0.5) is 0 Å². The van der Waals surface area contributed by atoms with Gasteiger partial charge in [-0.05, 0) is 19.1 Å². The quantitative estimate of drug-likeness (QED) is 0.678. The van der Waals surface area contributed by atoms with Crippen LogP contribution in [0.5, 0.6) is 0 Å². The smallest absolute Gasteiger partial charge is 0.345 e. The molecule has 0 aliphatic rings. The average Bonchev–Trinajstić information content (AvgIpc) is 2.55. The molecule has 2 aromatic carbocycles. The molecule has 4 heteroatoms. The van der Waals surface area contributed by atoms with E-state index < -0.39 is 5.97 Å². The fourth-order valence-electron chi connectivity index (χ4n) is 2.39. The number of fused-ring (bicyclic) bond motifs is 1. The first kappa shape index (κ1) is 14.1. The van der Waals surface area contributed by atoms with Crippen LogP contribution in [0.1, 0.15) is 15.9 Å². The first-order valence-electron chi connectivity index (χ1n) is 6.83. The van der Waals surface area contributed by atoms with Gasteiger partial charge >= 0.3 is 5.97 Å². The number of aryl methyl sites for hydroxylation is 1. The Morgan fingerprint density at radius 2 is 1.82 bits per heavy atom. The van der Waals surface area contributed by atoms with Gasteiger partial charge < -0.3 is 9.15 Å². The first-order chi connectivity index (χ1) is 10.6. The summed E-state index contributed by atoms with van der Waals surface area (Å²) < 4.78 is 10.6. The van der Waals surface area contributed by atoms with Gasteiger partial charge in [0.25, 0.3) is 0 Å². The van der Waals surface area contributed by atoms with Crippen molar-refractivity contribution < 1.29 is 13.9 Å². The fourth-order valence-corrected chi connectivity index (χ4v) is 2.39. The number of methoxy groups -OCH3 is 1. The maximum atomic E-state index is 12.7. The van der Waals surface area contributed by atoms with Crippen LogP contribution in [-0.4, -0.2) is 13.1 Å². The van der Waals surface area contributed by atoms with Crippen LogP contribution in [0.25, 0.3) is 22.3 Å². The Balaban J connectivity index is 2.42. The molecule has 0 aliphatic heterocycles. The molecular formula is C18H14O4. The number of esters is 1. The molecule has 0 spiro atoms. The summed E-state index contributed by atoms with van der Waals surface area (Å²) >= 11 is 0. The lowest BCUT2D eigenvalue weighted by Crippen LogP contribution is -2.18. The normalized spacial score (nSPS) is 10.6. The van der Waals surface area contributed by atoms with E-state index in [2.05, 4.69) is 0 Å². The van der Waals surface area contributed by atoms with E-state index in [1.54, 1.807) is 24.3 Å². The molecule has 3 aromatic rings. The first-order valence-corrected chi connectivity index (χ1v) is 6.83. The average molecular weight is 294 g/mol. The van der Waals surface area contributed by atoms with Crippen molar-refractivity contribution in [2.75, 3.05) is 7.11 Å². The third-order valence-corrected chi connectivity index (χ3v) is 3.47. The molecule has 0 radical (unpaired) electrons. The summed E-state index contributed by atoms with van der Waals surface area (Å²) in [4.78, 5) is 24.8. The summed E-state index contributed by atoms with van der Waals surface area (Å²) in [6, 6.07) is 14.4. The number of hydrogen-bond donors (Lipinski definition) is 0. The van der Waals surface area contributed by atoms with Crippen molar-refractivity contribution in [3.8, 4) is 11.3 Å². The third kappa shape index (κ3) is 2.29. The van der Waals surface area contributed by atoms with Gasteiger partial charge in [0, 0.05) is 5.56 Å². The van der Waals surface area contributed by atoms with Crippen LogP contribution in [-0.2, 0) is 4.74 Å². The lowest BCUT2D eigenvalue weighted by Gasteiger charge is -2.09. The number of carbonyl (C=O) groups is 1. The molecule has 22 heavy (non-hydrogen) atoms. The minimum absolute atomic E-state index is 0.0770.